The van der Waals surface area contributed by atoms with E-state index in [0.717, 1.165) is 34.7 Å². The van der Waals surface area contributed by atoms with E-state index in [-0.39, 0.29) is 24.5 Å². The van der Waals surface area contributed by atoms with Crippen LogP contribution in [0.1, 0.15) is 38.8 Å². The zero-order valence-corrected chi connectivity index (χ0v) is 18.9. The first-order valence-electron chi connectivity index (χ1n) is 10.7. The number of ether oxygens (including phenoxy) is 3. The van der Waals surface area contributed by atoms with Gasteiger partial charge in [-0.25, -0.2) is 4.98 Å². The van der Waals surface area contributed by atoms with Crippen molar-refractivity contribution in [1.29, 1.82) is 0 Å². The van der Waals surface area contributed by atoms with E-state index in [2.05, 4.69) is 15.6 Å². The van der Waals surface area contributed by atoms with Crippen LogP contribution in [0.3, 0.4) is 0 Å². The molecule has 33 heavy (non-hydrogen) atoms. The van der Waals surface area contributed by atoms with Crippen LogP contribution < -0.4 is 24.8 Å². The molecule has 170 valence electrons. The van der Waals surface area contributed by atoms with Gasteiger partial charge in [-0.3, -0.25) is 14.9 Å². The molecule has 3 aromatic rings. The summed E-state index contributed by atoms with van der Waals surface area (Å²) >= 11 is 1.42. The minimum absolute atomic E-state index is 0.0393. The smallest absolute Gasteiger partial charge is 0.257 e. The number of carbonyl (C=O) groups excluding carboxylic acids is 2. The van der Waals surface area contributed by atoms with Gasteiger partial charge in [0, 0.05) is 17.0 Å². The molecule has 2 heterocycles. The summed E-state index contributed by atoms with van der Waals surface area (Å²) < 4.78 is 16.0. The fraction of sp³-hybridized carbons (Fsp3) is 0.292. The molecule has 0 fully saturated rings. The number of hydrogen-bond donors (Lipinski definition) is 2. The van der Waals surface area contributed by atoms with Crippen molar-refractivity contribution in [3.63, 3.8) is 0 Å². The SMILES string of the molecule is COc1ccccc1CCNC(=O)[C@@H]1CCc2sc(NC(=O)c3ccc4c(c3)OCO4)nc21. The Hall–Kier alpha value is -3.59. The maximum absolute atomic E-state index is 12.8. The third-order valence-electron chi connectivity index (χ3n) is 5.78. The molecule has 2 amide bonds. The van der Waals surface area contributed by atoms with Gasteiger partial charge < -0.3 is 19.5 Å². The van der Waals surface area contributed by atoms with E-state index in [0.29, 0.717) is 35.2 Å². The van der Waals surface area contributed by atoms with Crippen molar-refractivity contribution in [2.75, 3.05) is 25.8 Å². The summed E-state index contributed by atoms with van der Waals surface area (Å²) in [4.78, 5) is 31.1. The molecule has 2 N–H and O–H groups in total. The molecular formula is C24H23N3O5S. The lowest BCUT2D eigenvalue weighted by Gasteiger charge is -2.12. The van der Waals surface area contributed by atoms with E-state index in [1.807, 2.05) is 24.3 Å². The Bertz CT molecular complexity index is 1210. The average Bonchev–Trinajstić information content (AvgIpc) is 3.54. The molecule has 5 rings (SSSR count). The number of carbonyl (C=O) groups is 2. The molecule has 1 atom stereocenters. The van der Waals surface area contributed by atoms with Crippen molar-refractivity contribution < 1.29 is 23.8 Å². The van der Waals surface area contributed by atoms with Gasteiger partial charge in [0.05, 0.1) is 18.7 Å². The fourth-order valence-corrected chi connectivity index (χ4v) is 5.13. The summed E-state index contributed by atoms with van der Waals surface area (Å²) in [5.41, 5.74) is 2.27. The number of para-hydroxylation sites is 1. The minimum atomic E-state index is -0.301. The van der Waals surface area contributed by atoms with Gasteiger partial charge in [0.1, 0.15) is 5.75 Å². The minimum Gasteiger partial charge on any atom is -0.496 e. The van der Waals surface area contributed by atoms with E-state index in [9.17, 15) is 9.59 Å². The molecule has 1 aromatic heterocycles. The molecule has 0 saturated carbocycles. The molecule has 0 unspecified atom stereocenters. The molecule has 2 aliphatic rings. The second kappa shape index (κ2) is 9.11. The van der Waals surface area contributed by atoms with Crippen molar-refractivity contribution in [1.82, 2.24) is 10.3 Å². The van der Waals surface area contributed by atoms with Gasteiger partial charge in [-0.15, -0.1) is 11.3 Å². The number of amides is 2. The second-order valence-electron chi connectivity index (χ2n) is 7.79. The van der Waals surface area contributed by atoms with Crippen LogP contribution in [0, 0.1) is 0 Å². The number of nitrogens with one attached hydrogen (secondary N) is 2. The Morgan fingerprint density at radius 3 is 2.91 bits per heavy atom. The van der Waals surface area contributed by atoms with Crippen LogP contribution in [0.15, 0.2) is 42.5 Å². The Morgan fingerprint density at radius 2 is 2.03 bits per heavy atom. The first-order chi connectivity index (χ1) is 16.1. The molecule has 1 aliphatic heterocycles. The van der Waals surface area contributed by atoms with E-state index in [1.54, 1.807) is 25.3 Å². The predicted molar refractivity (Wildman–Crippen MR) is 123 cm³/mol. The maximum Gasteiger partial charge on any atom is 0.257 e. The van der Waals surface area contributed by atoms with Gasteiger partial charge in [-0.2, -0.15) is 0 Å². The molecule has 8 nitrogen and oxygen atoms in total. The molecule has 0 saturated heterocycles. The highest BCUT2D eigenvalue weighted by molar-refractivity contribution is 7.16. The summed E-state index contributed by atoms with van der Waals surface area (Å²) in [6, 6.07) is 12.8. The fourth-order valence-electron chi connectivity index (χ4n) is 4.10. The van der Waals surface area contributed by atoms with Crippen molar-refractivity contribution in [2.45, 2.75) is 25.2 Å². The summed E-state index contributed by atoms with van der Waals surface area (Å²) in [6.45, 7) is 0.671. The molecular weight excluding hydrogens is 442 g/mol. The largest absolute Gasteiger partial charge is 0.496 e. The van der Waals surface area contributed by atoms with Gasteiger partial charge in [0.2, 0.25) is 12.7 Å². The summed E-state index contributed by atoms with van der Waals surface area (Å²) in [6.07, 6.45) is 2.19. The molecule has 0 spiro atoms. The van der Waals surface area contributed by atoms with Crippen LogP contribution >= 0.6 is 11.3 Å². The van der Waals surface area contributed by atoms with Crippen molar-refractivity contribution in [2.24, 2.45) is 0 Å². The Balaban J connectivity index is 1.20. The lowest BCUT2D eigenvalue weighted by Crippen LogP contribution is -2.30. The Kier molecular flexibility index (Phi) is 5.87. The summed E-state index contributed by atoms with van der Waals surface area (Å²) in [5.74, 6) is 1.37. The standard InChI is InChI=1S/C24H23N3O5S/c1-30-17-5-3-2-4-14(17)10-11-25-23(29)16-7-9-20-21(16)26-24(33-20)27-22(28)15-6-8-18-19(12-15)32-13-31-18/h2-6,8,12,16H,7,9-11,13H2,1H3,(H,25,29)(H,26,27,28)/t16-/m1/s1. The Morgan fingerprint density at radius 1 is 1.18 bits per heavy atom. The number of nitrogens with zero attached hydrogens (tertiary/aromatic N) is 1. The van der Waals surface area contributed by atoms with Crippen LogP contribution in [-0.2, 0) is 17.6 Å². The van der Waals surface area contributed by atoms with Crippen LogP contribution in [0.4, 0.5) is 5.13 Å². The highest BCUT2D eigenvalue weighted by Crippen LogP contribution is 2.39. The van der Waals surface area contributed by atoms with Crippen molar-refractivity contribution in [3.8, 4) is 17.2 Å². The van der Waals surface area contributed by atoms with Crippen LogP contribution in [-0.4, -0.2) is 37.2 Å². The number of rotatable bonds is 7. The van der Waals surface area contributed by atoms with Crippen molar-refractivity contribution >= 4 is 28.3 Å². The highest BCUT2D eigenvalue weighted by Gasteiger charge is 2.32. The number of anilines is 1. The van der Waals surface area contributed by atoms with Gasteiger partial charge in [-0.05, 0) is 49.1 Å². The number of thiazole rings is 1. The van der Waals surface area contributed by atoms with Crippen LogP contribution in [0.2, 0.25) is 0 Å². The average molecular weight is 466 g/mol. The monoisotopic (exact) mass is 465 g/mol. The number of hydrogen-bond acceptors (Lipinski definition) is 7. The van der Waals surface area contributed by atoms with Gasteiger partial charge in [-0.1, -0.05) is 18.2 Å². The molecule has 0 bridgehead atoms. The van der Waals surface area contributed by atoms with Crippen molar-refractivity contribution in [3.05, 3.63) is 64.2 Å². The zero-order chi connectivity index (χ0) is 22.8. The number of fused-ring (bicyclic) bond motifs is 2. The number of aryl methyl sites for hydroxylation is 1. The van der Waals surface area contributed by atoms with Crippen LogP contribution in [0.25, 0.3) is 0 Å². The maximum atomic E-state index is 12.8. The molecule has 1 aliphatic carbocycles. The lowest BCUT2D eigenvalue weighted by molar-refractivity contribution is -0.122. The molecule has 2 aromatic carbocycles. The third-order valence-corrected chi connectivity index (χ3v) is 6.82. The van der Waals surface area contributed by atoms with Gasteiger partial charge in [0.25, 0.3) is 5.91 Å². The van der Waals surface area contributed by atoms with E-state index >= 15 is 0 Å². The zero-order valence-electron chi connectivity index (χ0n) is 18.1. The summed E-state index contributed by atoms with van der Waals surface area (Å²) in [5, 5.41) is 6.36. The molecule has 9 heteroatoms. The summed E-state index contributed by atoms with van der Waals surface area (Å²) in [7, 11) is 1.64. The van der Waals surface area contributed by atoms with Gasteiger partial charge >= 0.3 is 0 Å². The van der Waals surface area contributed by atoms with Gasteiger partial charge in [0.15, 0.2) is 16.6 Å². The quantitative estimate of drug-likeness (QED) is 0.554. The number of aromatic nitrogens is 1. The van der Waals surface area contributed by atoms with E-state index in [4.69, 9.17) is 14.2 Å². The van der Waals surface area contributed by atoms with Crippen LogP contribution in [0.5, 0.6) is 17.2 Å². The van der Waals surface area contributed by atoms with E-state index in [1.165, 1.54) is 11.3 Å². The topological polar surface area (TPSA) is 98.8 Å². The normalized spacial score (nSPS) is 15.7. The van der Waals surface area contributed by atoms with E-state index < -0.39 is 0 Å². The first kappa shape index (κ1) is 21.3. The number of benzene rings is 2. The molecule has 0 radical (unpaired) electrons. The first-order valence-corrected chi connectivity index (χ1v) is 11.5. The lowest BCUT2D eigenvalue weighted by atomic mass is 10.1. The number of methoxy groups -OCH3 is 1. The third kappa shape index (κ3) is 4.36. The second-order valence-corrected chi connectivity index (χ2v) is 8.88. The predicted octanol–water partition coefficient (Wildman–Crippen LogP) is 3.52. The Labute approximate surface area is 194 Å². The highest BCUT2D eigenvalue weighted by atomic mass is 32.1.